The molecule has 0 radical (unpaired) electrons. The minimum absolute atomic E-state index is 0.0786. The van der Waals surface area contributed by atoms with Crippen LogP contribution in [-0.2, 0) is 20.8 Å². The number of methoxy groups -OCH3 is 1. The van der Waals surface area contributed by atoms with E-state index >= 15 is 0 Å². The van der Waals surface area contributed by atoms with Crippen molar-refractivity contribution >= 4 is 17.6 Å². The van der Waals surface area contributed by atoms with E-state index in [9.17, 15) is 24.5 Å². The Balaban J connectivity index is 2.30. The smallest absolute Gasteiger partial charge is 0.339 e. The van der Waals surface area contributed by atoms with Crippen LogP contribution in [0.5, 0.6) is 0 Å². The standard InChI is InChI=1S/C15H19N3O7/c1-3-11-8-16(4-5-25-11)13(19)9-17-7-10(15(21)24-2)6-12(14(17)20)18(22)23/h6-7,11H,3-5,8-9H2,1-2H3. The topological polar surface area (TPSA) is 121 Å². The fraction of sp³-hybridized carbons (Fsp3) is 0.533. The highest BCUT2D eigenvalue weighted by molar-refractivity contribution is 5.89. The second kappa shape index (κ2) is 7.88. The molecule has 1 fully saturated rings. The first-order valence-electron chi connectivity index (χ1n) is 7.74. The first kappa shape index (κ1) is 18.6. The first-order chi connectivity index (χ1) is 11.9. The normalized spacial score (nSPS) is 17.2. The molecule has 0 bridgehead atoms. The Labute approximate surface area is 143 Å². The lowest BCUT2D eigenvalue weighted by Crippen LogP contribution is -2.47. The minimum atomic E-state index is -0.952. The number of nitrogens with zero attached hydrogens (tertiary/aromatic N) is 3. The molecule has 136 valence electrons. The molecule has 1 aromatic rings. The summed E-state index contributed by atoms with van der Waals surface area (Å²) in [7, 11) is 1.12. The van der Waals surface area contributed by atoms with Crippen LogP contribution < -0.4 is 5.56 Å². The van der Waals surface area contributed by atoms with E-state index in [0.29, 0.717) is 19.7 Å². The summed E-state index contributed by atoms with van der Waals surface area (Å²) in [5.41, 5.74) is -1.91. The summed E-state index contributed by atoms with van der Waals surface area (Å²) in [5, 5.41) is 11.0. The van der Waals surface area contributed by atoms with Crippen LogP contribution in [0.25, 0.3) is 0 Å². The average molecular weight is 353 g/mol. The molecule has 0 aliphatic carbocycles. The summed E-state index contributed by atoms with van der Waals surface area (Å²) in [6.07, 6.45) is 1.76. The van der Waals surface area contributed by atoms with Gasteiger partial charge in [-0.15, -0.1) is 0 Å². The van der Waals surface area contributed by atoms with Crippen molar-refractivity contribution in [1.82, 2.24) is 9.47 Å². The molecule has 0 spiro atoms. The predicted molar refractivity (Wildman–Crippen MR) is 85.3 cm³/mol. The van der Waals surface area contributed by atoms with Gasteiger partial charge in [-0.25, -0.2) is 4.79 Å². The van der Waals surface area contributed by atoms with Crippen molar-refractivity contribution in [2.45, 2.75) is 26.0 Å². The lowest BCUT2D eigenvalue weighted by molar-refractivity contribution is -0.386. The predicted octanol–water partition coefficient (Wildman–Crippen LogP) is 0.181. The minimum Gasteiger partial charge on any atom is -0.465 e. The number of carbonyl (C=O) groups is 2. The summed E-state index contributed by atoms with van der Waals surface area (Å²) in [6.45, 7) is 2.69. The summed E-state index contributed by atoms with van der Waals surface area (Å²) in [4.78, 5) is 48.0. The SMILES string of the molecule is CCC1CN(C(=O)Cn2cc(C(=O)OC)cc([N+](=O)[O-])c2=O)CCO1. The Kier molecular flexibility index (Phi) is 5.86. The monoisotopic (exact) mass is 353 g/mol. The average Bonchev–Trinajstić information content (AvgIpc) is 2.62. The van der Waals surface area contributed by atoms with E-state index in [4.69, 9.17) is 4.74 Å². The zero-order valence-corrected chi connectivity index (χ0v) is 14.0. The maximum atomic E-state index is 12.4. The maximum absolute atomic E-state index is 12.4. The second-order valence-electron chi connectivity index (χ2n) is 5.54. The molecule has 25 heavy (non-hydrogen) atoms. The molecule has 1 aliphatic rings. The van der Waals surface area contributed by atoms with E-state index < -0.39 is 28.7 Å². The molecule has 1 unspecified atom stereocenters. The number of amides is 1. The van der Waals surface area contributed by atoms with E-state index in [1.807, 2.05) is 6.92 Å². The molecule has 1 amide bonds. The van der Waals surface area contributed by atoms with Crippen molar-refractivity contribution in [2.75, 3.05) is 26.8 Å². The number of morpholine rings is 1. The van der Waals surface area contributed by atoms with Crippen LogP contribution in [0.1, 0.15) is 23.7 Å². The van der Waals surface area contributed by atoms with Crippen molar-refractivity contribution in [3.8, 4) is 0 Å². The Hall–Kier alpha value is -2.75. The van der Waals surface area contributed by atoms with E-state index in [1.54, 1.807) is 4.90 Å². The Morgan fingerprint density at radius 2 is 2.20 bits per heavy atom. The van der Waals surface area contributed by atoms with E-state index in [0.717, 1.165) is 30.4 Å². The number of esters is 1. The third-order valence-electron chi connectivity index (χ3n) is 3.94. The van der Waals surface area contributed by atoms with Crippen molar-refractivity contribution in [3.63, 3.8) is 0 Å². The lowest BCUT2D eigenvalue weighted by atomic mass is 10.2. The van der Waals surface area contributed by atoms with Gasteiger partial charge in [0.15, 0.2) is 0 Å². The highest BCUT2D eigenvalue weighted by Crippen LogP contribution is 2.12. The van der Waals surface area contributed by atoms with E-state index in [2.05, 4.69) is 4.74 Å². The number of nitro groups is 1. The summed E-state index contributed by atoms with van der Waals surface area (Å²) in [6, 6.07) is 0.844. The van der Waals surface area contributed by atoms with Crippen molar-refractivity contribution in [1.29, 1.82) is 0 Å². The molecule has 2 heterocycles. The van der Waals surface area contributed by atoms with E-state index in [-0.39, 0.29) is 17.6 Å². The third kappa shape index (κ3) is 4.21. The molecule has 1 atom stereocenters. The van der Waals surface area contributed by atoms with Crippen LogP contribution in [0, 0.1) is 10.1 Å². The molecule has 1 aromatic heterocycles. The number of aromatic nitrogens is 1. The zero-order chi connectivity index (χ0) is 18.6. The van der Waals surface area contributed by atoms with Crippen LogP contribution in [0.3, 0.4) is 0 Å². The fourth-order valence-electron chi connectivity index (χ4n) is 2.54. The van der Waals surface area contributed by atoms with Crippen LogP contribution in [-0.4, -0.2) is 59.2 Å². The van der Waals surface area contributed by atoms with Gasteiger partial charge >= 0.3 is 17.2 Å². The van der Waals surface area contributed by atoms with Gasteiger partial charge in [-0.1, -0.05) is 6.92 Å². The molecule has 1 saturated heterocycles. The van der Waals surface area contributed by atoms with Crippen LogP contribution in [0.15, 0.2) is 17.1 Å². The van der Waals surface area contributed by atoms with Gasteiger partial charge in [0.05, 0.1) is 30.3 Å². The molecular formula is C15H19N3O7. The van der Waals surface area contributed by atoms with Gasteiger partial charge < -0.3 is 14.4 Å². The van der Waals surface area contributed by atoms with Crippen LogP contribution in [0.2, 0.25) is 0 Å². The van der Waals surface area contributed by atoms with Crippen molar-refractivity contribution in [2.24, 2.45) is 0 Å². The van der Waals surface area contributed by atoms with Gasteiger partial charge in [-0.2, -0.15) is 0 Å². The first-order valence-corrected chi connectivity index (χ1v) is 7.74. The molecule has 10 heteroatoms. The fourth-order valence-corrected chi connectivity index (χ4v) is 2.54. The molecule has 0 aromatic carbocycles. The zero-order valence-electron chi connectivity index (χ0n) is 14.0. The molecule has 10 nitrogen and oxygen atoms in total. The lowest BCUT2D eigenvalue weighted by Gasteiger charge is -2.32. The van der Waals surface area contributed by atoms with Gasteiger partial charge in [0.2, 0.25) is 5.91 Å². The largest absolute Gasteiger partial charge is 0.465 e. The molecule has 1 aliphatic heterocycles. The summed E-state index contributed by atoms with van der Waals surface area (Å²) < 4.78 is 10.9. The molecular weight excluding hydrogens is 334 g/mol. The van der Waals surface area contributed by atoms with Crippen molar-refractivity contribution < 1.29 is 24.0 Å². The van der Waals surface area contributed by atoms with Gasteiger partial charge in [0.25, 0.3) is 0 Å². The summed E-state index contributed by atoms with van der Waals surface area (Å²) in [5.74, 6) is -1.21. The van der Waals surface area contributed by atoms with Gasteiger partial charge in [-0.05, 0) is 6.42 Å². The second-order valence-corrected chi connectivity index (χ2v) is 5.54. The summed E-state index contributed by atoms with van der Waals surface area (Å²) >= 11 is 0. The number of rotatable bonds is 5. The number of hydrogen-bond donors (Lipinski definition) is 0. The Bertz CT molecular complexity index is 743. The molecule has 0 saturated carbocycles. The number of carbonyl (C=O) groups excluding carboxylic acids is 2. The van der Waals surface area contributed by atoms with Crippen LogP contribution in [0.4, 0.5) is 5.69 Å². The maximum Gasteiger partial charge on any atom is 0.339 e. The Morgan fingerprint density at radius 3 is 2.80 bits per heavy atom. The van der Waals surface area contributed by atoms with Gasteiger partial charge in [0, 0.05) is 25.4 Å². The third-order valence-corrected chi connectivity index (χ3v) is 3.94. The highest BCUT2D eigenvalue weighted by Gasteiger charge is 2.26. The van der Waals surface area contributed by atoms with E-state index in [1.165, 1.54) is 0 Å². The van der Waals surface area contributed by atoms with Gasteiger partial charge in [-0.3, -0.25) is 24.3 Å². The molecule has 2 rings (SSSR count). The quantitative estimate of drug-likeness (QED) is 0.420. The highest BCUT2D eigenvalue weighted by atomic mass is 16.6. The number of ether oxygens (including phenoxy) is 2. The van der Waals surface area contributed by atoms with Crippen LogP contribution >= 0.6 is 0 Å². The molecule has 0 N–H and O–H groups in total. The van der Waals surface area contributed by atoms with Gasteiger partial charge in [0.1, 0.15) is 6.54 Å². The number of pyridine rings is 1. The van der Waals surface area contributed by atoms with Crippen molar-refractivity contribution in [3.05, 3.63) is 38.3 Å². The Morgan fingerprint density at radius 1 is 1.48 bits per heavy atom. The number of hydrogen-bond acceptors (Lipinski definition) is 7.